The summed E-state index contributed by atoms with van der Waals surface area (Å²) in [5.41, 5.74) is 7.12. The number of carbonyl (C=O) groups is 1. The zero-order valence-electron chi connectivity index (χ0n) is 11.5. The SMILES string of the molecule is CCOC(=O)C(N)Cc1ccc(Cc2ccccc2)s1. The number of thiophene rings is 1. The van der Waals surface area contributed by atoms with Crippen molar-refractivity contribution in [1.82, 2.24) is 0 Å². The topological polar surface area (TPSA) is 52.3 Å². The van der Waals surface area contributed by atoms with Gasteiger partial charge in [0, 0.05) is 22.6 Å². The van der Waals surface area contributed by atoms with Gasteiger partial charge in [-0.3, -0.25) is 4.79 Å². The Kier molecular flexibility index (Phi) is 5.32. The number of hydrogen-bond donors (Lipinski definition) is 1. The van der Waals surface area contributed by atoms with Gasteiger partial charge in [0.25, 0.3) is 0 Å². The molecule has 1 aromatic carbocycles. The maximum absolute atomic E-state index is 11.5. The molecule has 0 aliphatic rings. The summed E-state index contributed by atoms with van der Waals surface area (Å²) < 4.78 is 4.92. The monoisotopic (exact) mass is 289 g/mol. The van der Waals surface area contributed by atoms with Crippen LogP contribution in [0.15, 0.2) is 42.5 Å². The van der Waals surface area contributed by atoms with E-state index in [1.54, 1.807) is 18.3 Å². The summed E-state index contributed by atoms with van der Waals surface area (Å²) in [7, 11) is 0. The second kappa shape index (κ2) is 7.22. The Morgan fingerprint density at radius 2 is 1.90 bits per heavy atom. The molecule has 1 aromatic heterocycles. The fourth-order valence-corrected chi connectivity index (χ4v) is 3.08. The minimum atomic E-state index is -0.571. The third kappa shape index (κ3) is 4.18. The van der Waals surface area contributed by atoms with Crippen molar-refractivity contribution in [3.05, 3.63) is 57.8 Å². The first-order valence-electron chi connectivity index (χ1n) is 6.72. The van der Waals surface area contributed by atoms with Gasteiger partial charge in [-0.1, -0.05) is 30.3 Å². The minimum Gasteiger partial charge on any atom is -0.465 e. The van der Waals surface area contributed by atoms with E-state index in [4.69, 9.17) is 10.5 Å². The molecule has 1 heterocycles. The first kappa shape index (κ1) is 14.8. The average molecular weight is 289 g/mol. The summed E-state index contributed by atoms with van der Waals surface area (Å²) in [5, 5.41) is 0. The number of esters is 1. The molecule has 20 heavy (non-hydrogen) atoms. The predicted octanol–water partition coefficient (Wildman–Crippen LogP) is 2.77. The average Bonchev–Trinajstić information content (AvgIpc) is 2.87. The lowest BCUT2D eigenvalue weighted by molar-refractivity contribution is -0.144. The number of hydrogen-bond acceptors (Lipinski definition) is 4. The second-order valence-corrected chi connectivity index (χ2v) is 5.85. The van der Waals surface area contributed by atoms with Gasteiger partial charge in [0.05, 0.1) is 6.61 Å². The van der Waals surface area contributed by atoms with Crippen molar-refractivity contribution in [2.45, 2.75) is 25.8 Å². The van der Waals surface area contributed by atoms with Gasteiger partial charge in [0.1, 0.15) is 6.04 Å². The van der Waals surface area contributed by atoms with Crippen LogP contribution in [0, 0.1) is 0 Å². The highest BCUT2D eigenvalue weighted by molar-refractivity contribution is 7.12. The molecule has 1 unspecified atom stereocenters. The predicted molar refractivity (Wildman–Crippen MR) is 81.9 cm³/mol. The molecule has 2 rings (SSSR count). The first-order chi connectivity index (χ1) is 9.69. The van der Waals surface area contributed by atoms with Crippen LogP contribution >= 0.6 is 11.3 Å². The van der Waals surface area contributed by atoms with Gasteiger partial charge in [0.2, 0.25) is 0 Å². The highest BCUT2D eigenvalue weighted by Gasteiger charge is 2.16. The van der Waals surface area contributed by atoms with E-state index in [2.05, 4.69) is 18.2 Å². The molecule has 0 aliphatic carbocycles. The quantitative estimate of drug-likeness (QED) is 0.832. The number of ether oxygens (including phenoxy) is 1. The van der Waals surface area contributed by atoms with E-state index in [1.165, 1.54) is 10.4 Å². The molecule has 106 valence electrons. The van der Waals surface area contributed by atoms with Crippen LogP contribution in [0.4, 0.5) is 0 Å². The zero-order chi connectivity index (χ0) is 14.4. The maximum Gasteiger partial charge on any atom is 0.323 e. The van der Waals surface area contributed by atoms with Crippen LogP contribution in [0.3, 0.4) is 0 Å². The van der Waals surface area contributed by atoms with Gasteiger partial charge >= 0.3 is 5.97 Å². The Balaban J connectivity index is 1.94. The number of carbonyl (C=O) groups excluding carboxylic acids is 1. The third-order valence-corrected chi connectivity index (χ3v) is 4.06. The van der Waals surface area contributed by atoms with Crippen molar-refractivity contribution < 1.29 is 9.53 Å². The van der Waals surface area contributed by atoms with Crippen molar-refractivity contribution >= 4 is 17.3 Å². The standard InChI is InChI=1S/C16H19NO2S/c1-2-19-16(18)15(17)11-14-9-8-13(20-14)10-12-6-4-3-5-7-12/h3-9,15H,2,10-11,17H2,1H3. The molecule has 0 aliphatic heterocycles. The lowest BCUT2D eigenvalue weighted by Gasteiger charge is -2.08. The summed E-state index contributed by atoms with van der Waals surface area (Å²) >= 11 is 1.70. The van der Waals surface area contributed by atoms with Crippen LogP contribution in [0.25, 0.3) is 0 Å². The Morgan fingerprint density at radius 1 is 1.20 bits per heavy atom. The largest absolute Gasteiger partial charge is 0.465 e. The minimum absolute atomic E-state index is 0.328. The van der Waals surface area contributed by atoms with Crippen molar-refractivity contribution in [3.63, 3.8) is 0 Å². The van der Waals surface area contributed by atoms with Gasteiger partial charge in [-0.15, -0.1) is 11.3 Å². The van der Waals surface area contributed by atoms with Crippen LogP contribution in [0.2, 0.25) is 0 Å². The lowest BCUT2D eigenvalue weighted by atomic mass is 10.1. The highest BCUT2D eigenvalue weighted by atomic mass is 32.1. The zero-order valence-corrected chi connectivity index (χ0v) is 12.4. The van der Waals surface area contributed by atoms with E-state index in [0.717, 1.165) is 11.3 Å². The van der Waals surface area contributed by atoms with E-state index in [9.17, 15) is 4.79 Å². The molecule has 1 atom stereocenters. The molecule has 0 saturated carbocycles. The molecule has 2 aromatic rings. The molecule has 0 fully saturated rings. The number of benzene rings is 1. The van der Waals surface area contributed by atoms with E-state index < -0.39 is 6.04 Å². The van der Waals surface area contributed by atoms with E-state index in [1.807, 2.05) is 24.3 Å². The fraction of sp³-hybridized carbons (Fsp3) is 0.312. The normalized spacial score (nSPS) is 12.1. The van der Waals surface area contributed by atoms with E-state index in [-0.39, 0.29) is 5.97 Å². The summed E-state index contributed by atoms with van der Waals surface area (Å²) in [6, 6.07) is 13.9. The number of rotatable bonds is 6. The van der Waals surface area contributed by atoms with Crippen molar-refractivity contribution in [3.8, 4) is 0 Å². The Labute approximate surface area is 123 Å². The second-order valence-electron chi connectivity index (χ2n) is 4.59. The summed E-state index contributed by atoms with van der Waals surface area (Å²) in [6.45, 7) is 2.16. The van der Waals surface area contributed by atoms with Gasteiger partial charge in [-0.25, -0.2) is 0 Å². The summed E-state index contributed by atoms with van der Waals surface area (Å²) in [5.74, 6) is -0.328. The number of nitrogens with two attached hydrogens (primary N) is 1. The maximum atomic E-state index is 11.5. The van der Waals surface area contributed by atoms with Gasteiger partial charge in [-0.05, 0) is 24.6 Å². The van der Waals surface area contributed by atoms with Gasteiger partial charge < -0.3 is 10.5 Å². The molecule has 0 radical (unpaired) electrons. The van der Waals surface area contributed by atoms with Crippen molar-refractivity contribution in [1.29, 1.82) is 0 Å². The molecular weight excluding hydrogens is 270 g/mol. The lowest BCUT2D eigenvalue weighted by Crippen LogP contribution is -2.34. The summed E-state index contributed by atoms with van der Waals surface area (Å²) in [6.07, 6.45) is 1.46. The van der Waals surface area contributed by atoms with Gasteiger partial charge in [0.15, 0.2) is 0 Å². The van der Waals surface area contributed by atoms with Crippen LogP contribution in [0.1, 0.15) is 22.2 Å². The molecule has 0 amide bonds. The molecular formula is C16H19NO2S. The van der Waals surface area contributed by atoms with E-state index in [0.29, 0.717) is 13.0 Å². The highest BCUT2D eigenvalue weighted by Crippen LogP contribution is 2.21. The van der Waals surface area contributed by atoms with E-state index >= 15 is 0 Å². The molecule has 2 N–H and O–H groups in total. The van der Waals surface area contributed by atoms with Crippen LogP contribution in [-0.4, -0.2) is 18.6 Å². The van der Waals surface area contributed by atoms with Crippen LogP contribution in [-0.2, 0) is 22.4 Å². The van der Waals surface area contributed by atoms with Crippen molar-refractivity contribution in [2.75, 3.05) is 6.61 Å². The molecule has 3 nitrogen and oxygen atoms in total. The smallest absolute Gasteiger partial charge is 0.323 e. The Hall–Kier alpha value is -1.65. The Morgan fingerprint density at radius 3 is 2.60 bits per heavy atom. The Bertz CT molecular complexity index is 551. The van der Waals surface area contributed by atoms with Crippen molar-refractivity contribution in [2.24, 2.45) is 5.73 Å². The summed E-state index contributed by atoms with van der Waals surface area (Å²) in [4.78, 5) is 13.9. The molecule has 0 bridgehead atoms. The van der Waals surface area contributed by atoms with Gasteiger partial charge in [-0.2, -0.15) is 0 Å². The van der Waals surface area contributed by atoms with Crippen LogP contribution < -0.4 is 5.73 Å². The molecule has 4 heteroatoms. The third-order valence-electron chi connectivity index (χ3n) is 2.95. The first-order valence-corrected chi connectivity index (χ1v) is 7.54. The molecule has 0 spiro atoms. The molecule has 0 saturated heterocycles. The van der Waals surface area contributed by atoms with Crippen LogP contribution in [0.5, 0.6) is 0 Å². The fourth-order valence-electron chi connectivity index (χ4n) is 1.97.